The first-order valence-corrected chi connectivity index (χ1v) is 8.25. The van der Waals surface area contributed by atoms with Crippen molar-refractivity contribution in [3.8, 4) is 5.75 Å². The van der Waals surface area contributed by atoms with E-state index in [1.165, 1.54) is 4.90 Å². The quantitative estimate of drug-likeness (QED) is 0.416. The molecule has 1 saturated heterocycles. The SMILES string of the molecule is C=CCN1C(=O)S/C(=C/c2ccc(OCC)c(I)c2)C1=O. The summed E-state index contributed by atoms with van der Waals surface area (Å²) >= 11 is 3.14. The number of hydrogen-bond acceptors (Lipinski definition) is 4. The highest BCUT2D eigenvalue weighted by atomic mass is 127. The summed E-state index contributed by atoms with van der Waals surface area (Å²) in [5.41, 5.74) is 0.868. The van der Waals surface area contributed by atoms with Gasteiger partial charge >= 0.3 is 0 Å². The minimum absolute atomic E-state index is 0.239. The van der Waals surface area contributed by atoms with Crippen molar-refractivity contribution in [2.75, 3.05) is 13.2 Å². The van der Waals surface area contributed by atoms with Gasteiger partial charge in [-0.15, -0.1) is 6.58 Å². The smallest absolute Gasteiger partial charge is 0.293 e. The zero-order valence-electron chi connectivity index (χ0n) is 11.5. The maximum absolute atomic E-state index is 12.1. The zero-order chi connectivity index (χ0) is 15.4. The maximum atomic E-state index is 12.1. The van der Waals surface area contributed by atoms with E-state index >= 15 is 0 Å². The van der Waals surface area contributed by atoms with Gasteiger partial charge in [0, 0.05) is 6.54 Å². The van der Waals surface area contributed by atoms with E-state index in [1.807, 2.05) is 25.1 Å². The Labute approximate surface area is 141 Å². The van der Waals surface area contributed by atoms with Crippen LogP contribution in [0, 0.1) is 3.57 Å². The fourth-order valence-electron chi connectivity index (χ4n) is 1.82. The second kappa shape index (κ2) is 7.13. The van der Waals surface area contributed by atoms with Crippen molar-refractivity contribution in [2.45, 2.75) is 6.92 Å². The van der Waals surface area contributed by atoms with Crippen LogP contribution in [0.3, 0.4) is 0 Å². The van der Waals surface area contributed by atoms with E-state index in [0.29, 0.717) is 11.5 Å². The molecule has 0 bridgehead atoms. The van der Waals surface area contributed by atoms with E-state index in [4.69, 9.17) is 4.74 Å². The first kappa shape index (κ1) is 16.1. The van der Waals surface area contributed by atoms with E-state index in [9.17, 15) is 9.59 Å². The lowest BCUT2D eigenvalue weighted by atomic mass is 10.2. The molecular formula is C15H14INO3S. The van der Waals surface area contributed by atoms with Gasteiger partial charge in [0.2, 0.25) is 0 Å². The van der Waals surface area contributed by atoms with E-state index in [0.717, 1.165) is 26.6 Å². The lowest BCUT2D eigenvalue weighted by Gasteiger charge is -2.08. The van der Waals surface area contributed by atoms with Crippen LogP contribution in [0.4, 0.5) is 4.79 Å². The van der Waals surface area contributed by atoms with Gasteiger partial charge in [0.15, 0.2) is 0 Å². The summed E-state index contributed by atoms with van der Waals surface area (Å²) in [6.07, 6.45) is 3.27. The van der Waals surface area contributed by atoms with Gasteiger partial charge in [0.1, 0.15) is 5.75 Å². The Morgan fingerprint density at radius 2 is 2.19 bits per heavy atom. The second-order valence-electron chi connectivity index (χ2n) is 4.20. The molecule has 0 spiro atoms. The van der Waals surface area contributed by atoms with Crippen molar-refractivity contribution in [2.24, 2.45) is 0 Å². The van der Waals surface area contributed by atoms with Crippen LogP contribution < -0.4 is 4.74 Å². The number of amides is 2. The van der Waals surface area contributed by atoms with Gasteiger partial charge in [-0.1, -0.05) is 12.1 Å². The van der Waals surface area contributed by atoms with Crippen LogP contribution in [0.5, 0.6) is 5.75 Å². The Kier molecular flexibility index (Phi) is 5.46. The third kappa shape index (κ3) is 3.68. The molecule has 2 rings (SSSR count). The number of rotatable bonds is 5. The summed E-state index contributed by atoms with van der Waals surface area (Å²) in [7, 11) is 0. The molecule has 21 heavy (non-hydrogen) atoms. The van der Waals surface area contributed by atoms with Gasteiger partial charge in [-0.25, -0.2) is 0 Å². The van der Waals surface area contributed by atoms with E-state index in [-0.39, 0.29) is 17.7 Å². The molecule has 1 aliphatic rings. The fourth-order valence-corrected chi connectivity index (χ4v) is 3.36. The minimum atomic E-state index is -0.270. The summed E-state index contributed by atoms with van der Waals surface area (Å²) in [5, 5.41) is -0.258. The molecule has 0 unspecified atom stereocenters. The van der Waals surface area contributed by atoms with E-state index in [1.54, 1.807) is 12.2 Å². The van der Waals surface area contributed by atoms with E-state index in [2.05, 4.69) is 29.2 Å². The Morgan fingerprint density at radius 3 is 2.81 bits per heavy atom. The predicted molar refractivity (Wildman–Crippen MR) is 93.2 cm³/mol. The van der Waals surface area contributed by atoms with Crippen LogP contribution >= 0.6 is 34.4 Å². The Bertz CT molecular complexity index is 627. The van der Waals surface area contributed by atoms with Crippen LogP contribution in [0.1, 0.15) is 12.5 Å². The van der Waals surface area contributed by atoms with Crippen LogP contribution in [-0.2, 0) is 4.79 Å². The topological polar surface area (TPSA) is 46.6 Å². The predicted octanol–water partition coefficient (Wildman–Crippen LogP) is 3.91. The Morgan fingerprint density at radius 1 is 1.43 bits per heavy atom. The Hall–Kier alpha value is -1.28. The zero-order valence-corrected chi connectivity index (χ0v) is 14.4. The number of imide groups is 1. The normalized spacial score (nSPS) is 16.7. The summed E-state index contributed by atoms with van der Waals surface area (Å²) in [4.78, 5) is 25.5. The lowest BCUT2D eigenvalue weighted by Crippen LogP contribution is -2.27. The highest BCUT2D eigenvalue weighted by Crippen LogP contribution is 2.33. The summed E-state index contributed by atoms with van der Waals surface area (Å²) in [5.74, 6) is 0.545. The molecule has 0 aliphatic carbocycles. The van der Waals surface area contributed by atoms with E-state index < -0.39 is 0 Å². The van der Waals surface area contributed by atoms with Gasteiger partial charge in [-0.05, 0) is 65.0 Å². The fraction of sp³-hybridized carbons (Fsp3) is 0.200. The highest BCUT2D eigenvalue weighted by Gasteiger charge is 2.33. The number of carbonyl (C=O) groups is 2. The molecule has 2 amide bonds. The number of ether oxygens (including phenoxy) is 1. The Balaban J connectivity index is 2.24. The summed E-state index contributed by atoms with van der Waals surface area (Å²) in [6, 6.07) is 5.66. The first-order valence-electron chi connectivity index (χ1n) is 6.35. The number of benzene rings is 1. The molecule has 1 heterocycles. The summed E-state index contributed by atoms with van der Waals surface area (Å²) < 4.78 is 6.44. The van der Waals surface area contributed by atoms with Crippen LogP contribution in [0.2, 0.25) is 0 Å². The van der Waals surface area contributed by atoms with Crippen LogP contribution in [-0.4, -0.2) is 29.2 Å². The van der Waals surface area contributed by atoms with Crippen molar-refractivity contribution in [3.63, 3.8) is 0 Å². The van der Waals surface area contributed by atoms with Crippen molar-refractivity contribution >= 4 is 51.6 Å². The molecule has 110 valence electrons. The lowest BCUT2D eigenvalue weighted by molar-refractivity contribution is -0.122. The molecule has 0 N–H and O–H groups in total. The van der Waals surface area contributed by atoms with Crippen molar-refractivity contribution in [1.82, 2.24) is 4.90 Å². The van der Waals surface area contributed by atoms with Gasteiger partial charge in [0.05, 0.1) is 15.1 Å². The molecule has 1 aromatic carbocycles. The monoisotopic (exact) mass is 415 g/mol. The molecule has 1 aliphatic heterocycles. The molecule has 0 saturated carbocycles. The van der Waals surface area contributed by atoms with Crippen molar-refractivity contribution < 1.29 is 14.3 Å². The third-order valence-electron chi connectivity index (χ3n) is 2.74. The van der Waals surface area contributed by atoms with Gasteiger partial charge in [-0.3, -0.25) is 14.5 Å². The molecular weight excluding hydrogens is 401 g/mol. The maximum Gasteiger partial charge on any atom is 0.293 e. The standard InChI is InChI=1S/C15H14INO3S/c1-3-7-17-14(18)13(21-15(17)19)9-10-5-6-12(20-4-2)11(16)8-10/h3,5-6,8-9H,1,4,7H2,2H3/b13-9+. The third-order valence-corrected chi connectivity index (χ3v) is 4.49. The highest BCUT2D eigenvalue weighted by molar-refractivity contribution is 14.1. The molecule has 6 heteroatoms. The van der Waals surface area contributed by atoms with Gasteiger partial charge in [-0.2, -0.15) is 0 Å². The van der Waals surface area contributed by atoms with Gasteiger partial charge in [0.25, 0.3) is 11.1 Å². The molecule has 1 aromatic rings. The molecule has 0 atom stereocenters. The van der Waals surface area contributed by atoms with Crippen molar-refractivity contribution in [1.29, 1.82) is 0 Å². The largest absolute Gasteiger partial charge is 0.493 e. The summed E-state index contributed by atoms with van der Waals surface area (Å²) in [6.45, 7) is 6.33. The second-order valence-corrected chi connectivity index (χ2v) is 6.36. The number of halogens is 1. The van der Waals surface area contributed by atoms with Crippen LogP contribution in [0.25, 0.3) is 6.08 Å². The minimum Gasteiger partial charge on any atom is -0.493 e. The first-order chi connectivity index (χ1) is 10.1. The number of hydrogen-bond donors (Lipinski definition) is 0. The molecule has 1 fully saturated rings. The molecule has 0 radical (unpaired) electrons. The average Bonchev–Trinajstić information content (AvgIpc) is 2.70. The molecule has 4 nitrogen and oxygen atoms in total. The number of carbonyl (C=O) groups excluding carboxylic acids is 2. The van der Waals surface area contributed by atoms with Gasteiger partial charge < -0.3 is 4.74 Å². The number of nitrogens with zero attached hydrogens (tertiary/aromatic N) is 1. The number of thioether (sulfide) groups is 1. The van der Waals surface area contributed by atoms with Crippen molar-refractivity contribution in [3.05, 3.63) is 44.9 Å². The van der Waals surface area contributed by atoms with Crippen LogP contribution in [0.15, 0.2) is 35.8 Å². The average molecular weight is 415 g/mol. The molecule has 0 aromatic heterocycles.